The highest BCUT2D eigenvalue weighted by molar-refractivity contribution is 7.98. The minimum absolute atomic E-state index is 0.104. The molecule has 0 saturated carbocycles. The molecule has 3 rings (SSSR count). The molecule has 1 unspecified atom stereocenters. The van der Waals surface area contributed by atoms with E-state index in [0.29, 0.717) is 37.6 Å². The van der Waals surface area contributed by atoms with Crippen molar-refractivity contribution >= 4 is 29.3 Å². The average molecular weight is 406 g/mol. The molecule has 1 fully saturated rings. The second-order valence-corrected chi connectivity index (χ2v) is 7.82. The number of hydrogen-bond donors (Lipinski definition) is 0. The van der Waals surface area contributed by atoms with Gasteiger partial charge in [-0.3, -0.25) is 4.79 Å². The zero-order chi connectivity index (χ0) is 19.4. The van der Waals surface area contributed by atoms with E-state index in [1.165, 1.54) is 11.8 Å². The molecular weight excluding hydrogens is 382 g/mol. The Labute approximate surface area is 169 Å². The summed E-state index contributed by atoms with van der Waals surface area (Å²) in [6, 6.07) is 7.62. The summed E-state index contributed by atoms with van der Waals surface area (Å²) in [5.74, 6) is 0.144. The maximum absolute atomic E-state index is 12.8. The molecule has 0 spiro atoms. The van der Waals surface area contributed by atoms with E-state index in [1.807, 2.05) is 49.3 Å². The minimum atomic E-state index is -0.104. The van der Waals surface area contributed by atoms with Crippen LogP contribution in [-0.2, 0) is 16.0 Å². The molecule has 0 bridgehead atoms. The standard InChI is InChI=1S/C20H24ClN3O2S/c1-13-17(14(2)23-20(22-13)27-3)8-9-19(25)24-10-11-26-18(12-24)15-4-6-16(21)7-5-15/h4-7,18H,8-12H2,1-3H3. The first kappa shape index (κ1) is 20.1. The van der Waals surface area contributed by atoms with E-state index >= 15 is 0 Å². The van der Waals surface area contributed by atoms with E-state index in [-0.39, 0.29) is 12.0 Å². The fourth-order valence-corrected chi connectivity index (χ4v) is 3.89. The lowest BCUT2D eigenvalue weighted by atomic mass is 10.0. The SMILES string of the molecule is CSc1nc(C)c(CCC(=O)N2CCOC(c3ccc(Cl)cc3)C2)c(C)n1. The van der Waals surface area contributed by atoms with Crippen molar-refractivity contribution in [2.24, 2.45) is 0 Å². The maximum Gasteiger partial charge on any atom is 0.223 e. The number of nitrogens with zero attached hydrogens (tertiary/aromatic N) is 3. The quantitative estimate of drug-likeness (QED) is 0.555. The Balaban J connectivity index is 1.62. The number of thioether (sulfide) groups is 1. The average Bonchev–Trinajstić information content (AvgIpc) is 2.67. The van der Waals surface area contributed by atoms with Gasteiger partial charge in [-0.2, -0.15) is 0 Å². The molecule has 1 saturated heterocycles. The second kappa shape index (κ2) is 9.04. The number of carbonyl (C=O) groups is 1. The number of rotatable bonds is 5. The van der Waals surface area contributed by atoms with Gasteiger partial charge in [-0.05, 0) is 49.8 Å². The van der Waals surface area contributed by atoms with Gasteiger partial charge in [-0.15, -0.1) is 0 Å². The molecule has 1 aromatic carbocycles. The smallest absolute Gasteiger partial charge is 0.223 e. The van der Waals surface area contributed by atoms with Gasteiger partial charge >= 0.3 is 0 Å². The number of aromatic nitrogens is 2. The van der Waals surface area contributed by atoms with Crippen LogP contribution in [0, 0.1) is 13.8 Å². The predicted molar refractivity (Wildman–Crippen MR) is 108 cm³/mol. The maximum atomic E-state index is 12.8. The molecule has 7 heteroatoms. The lowest BCUT2D eigenvalue weighted by Crippen LogP contribution is -2.42. The van der Waals surface area contributed by atoms with Gasteiger partial charge in [0.25, 0.3) is 0 Å². The lowest BCUT2D eigenvalue weighted by molar-refractivity contribution is -0.139. The molecule has 1 aliphatic rings. The monoisotopic (exact) mass is 405 g/mol. The van der Waals surface area contributed by atoms with Gasteiger partial charge in [-0.1, -0.05) is 35.5 Å². The fourth-order valence-electron chi connectivity index (χ4n) is 3.31. The minimum Gasteiger partial charge on any atom is -0.370 e. The Kier molecular flexibility index (Phi) is 6.73. The van der Waals surface area contributed by atoms with E-state index in [9.17, 15) is 4.79 Å². The van der Waals surface area contributed by atoms with Crippen molar-refractivity contribution in [2.45, 2.75) is 37.9 Å². The normalized spacial score (nSPS) is 17.2. The van der Waals surface area contributed by atoms with Gasteiger partial charge in [0.15, 0.2) is 5.16 Å². The molecule has 1 aromatic heterocycles. The van der Waals surface area contributed by atoms with Crippen LogP contribution in [0.3, 0.4) is 0 Å². The van der Waals surface area contributed by atoms with Crippen LogP contribution in [0.4, 0.5) is 0 Å². The first-order valence-electron chi connectivity index (χ1n) is 9.01. The number of carbonyl (C=O) groups excluding carboxylic acids is 1. The van der Waals surface area contributed by atoms with Crippen LogP contribution in [-0.4, -0.2) is 46.7 Å². The Morgan fingerprint density at radius 3 is 2.56 bits per heavy atom. The van der Waals surface area contributed by atoms with Crippen molar-refractivity contribution in [3.05, 3.63) is 51.8 Å². The Morgan fingerprint density at radius 2 is 1.93 bits per heavy atom. The van der Waals surface area contributed by atoms with E-state index in [4.69, 9.17) is 16.3 Å². The number of morpholine rings is 1. The molecule has 5 nitrogen and oxygen atoms in total. The summed E-state index contributed by atoms with van der Waals surface area (Å²) in [5, 5.41) is 1.47. The van der Waals surface area contributed by atoms with Crippen molar-refractivity contribution in [1.29, 1.82) is 0 Å². The lowest BCUT2D eigenvalue weighted by Gasteiger charge is -2.33. The van der Waals surface area contributed by atoms with Crippen molar-refractivity contribution in [3.63, 3.8) is 0 Å². The summed E-state index contributed by atoms with van der Waals surface area (Å²) < 4.78 is 5.85. The van der Waals surface area contributed by atoms with Gasteiger partial charge in [0, 0.05) is 29.4 Å². The predicted octanol–water partition coefficient (Wildman–Crippen LogP) is 4.00. The Hall–Kier alpha value is -1.63. The van der Waals surface area contributed by atoms with Gasteiger partial charge in [0.1, 0.15) is 6.10 Å². The number of halogens is 1. The number of benzene rings is 1. The zero-order valence-corrected chi connectivity index (χ0v) is 17.4. The molecule has 1 atom stereocenters. The third-order valence-corrected chi connectivity index (χ3v) is 5.63. The molecule has 144 valence electrons. The number of hydrogen-bond acceptors (Lipinski definition) is 5. The van der Waals surface area contributed by atoms with Crippen molar-refractivity contribution in [3.8, 4) is 0 Å². The largest absolute Gasteiger partial charge is 0.370 e. The zero-order valence-electron chi connectivity index (χ0n) is 15.9. The van der Waals surface area contributed by atoms with Gasteiger partial charge in [0.2, 0.25) is 5.91 Å². The van der Waals surface area contributed by atoms with Crippen LogP contribution in [0.25, 0.3) is 0 Å². The summed E-state index contributed by atoms with van der Waals surface area (Å²) in [6.07, 6.45) is 2.98. The molecule has 0 N–H and O–H groups in total. The highest BCUT2D eigenvalue weighted by atomic mass is 35.5. The van der Waals surface area contributed by atoms with Gasteiger partial charge in [0.05, 0.1) is 13.2 Å². The Bertz CT molecular complexity index is 790. The van der Waals surface area contributed by atoms with Crippen LogP contribution in [0.5, 0.6) is 0 Å². The van der Waals surface area contributed by atoms with Crippen molar-refractivity contribution < 1.29 is 9.53 Å². The van der Waals surface area contributed by atoms with Crippen LogP contribution in [0.2, 0.25) is 5.02 Å². The van der Waals surface area contributed by atoms with Gasteiger partial charge < -0.3 is 9.64 Å². The first-order chi connectivity index (χ1) is 13.0. The molecule has 2 aromatic rings. The first-order valence-corrected chi connectivity index (χ1v) is 10.6. The highest BCUT2D eigenvalue weighted by Gasteiger charge is 2.25. The second-order valence-electron chi connectivity index (χ2n) is 6.61. The van der Waals surface area contributed by atoms with Crippen molar-refractivity contribution in [2.75, 3.05) is 26.0 Å². The summed E-state index contributed by atoms with van der Waals surface area (Å²) in [4.78, 5) is 23.6. The summed E-state index contributed by atoms with van der Waals surface area (Å²) >= 11 is 7.49. The van der Waals surface area contributed by atoms with Crippen LogP contribution < -0.4 is 0 Å². The molecular formula is C20H24ClN3O2S. The van der Waals surface area contributed by atoms with Crippen LogP contribution in [0.1, 0.15) is 35.0 Å². The number of amides is 1. The van der Waals surface area contributed by atoms with Crippen molar-refractivity contribution in [1.82, 2.24) is 14.9 Å². The van der Waals surface area contributed by atoms with E-state index in [2.05, 4.69) is 9.97 Å². The van der Waals surface area contributed by atoms with E-state index < -0.39 is 0 Å². The third kappa shape index (κ3) is 5.00. The molecule has 1 aliphatic heterocycles. The molecule has 2 heterocycles. The summed E-state index contributed by atoms with van der Waals surface area (Å²) in [6.45, 7) is 5.71. The van der Waals surface area contributed by atoms with E-state index in [1.54, 1.807) is 0 Å². The van der Waals surface area contributed by atoms with Crippen LogP contribution in [0.15, 0.2) is 29.4 Å². The molecule has 0 radical (unpaired) electrons. The Morgan fingerprint density at radius 1 is 1.26 bits per heavy atom. The molecule has 27 heavy (non-hydrogen) atoms. The topological polar surface area (TPSA) is 55.3 Å². The molecule has 1 amide bonds. The summed E-state index contributed by atoms with van der Waals surface area (Å²) in [5.41, 5.74) is 4.04. The summed E-state index contributed by atoms with van der Waals surface area (Å²) in [7, 11) is 0. The number of aryl methyl sites for hydroxylation is 2. The van der Waals surface area contributed by atoms with Crippen LogP contribution >= 0.6 is 23.4 Å². The van der Waals surface area contributed by atoms with Gasteiger partial charge in [-0.25, -0.2) is 9.97 Å². The third-order valence-electron chi connectivity index (χ3n) is 4.83. The fraction of sp³-hybridized carbons (Fsp3) is 0.450. The van der Waals surface area contributed by atoms with E-state index in [0.717, 1.165) is 27.7 Å². The molecule has 0 aliphatic carbocycles. The highest BCUT2D eigenvalue weighted by Crippen LogP contribution is 2.24. The number of ether oxygens (including phenoxy) is 1.